The maximum Gasteiger partial charge on any atom is 0.0445 e. The fourth-order valence-corrected chi connectivity index (χ4v) is 2.69. The van der Waals surface area contributed by atoms with E-state index in [-0.39, 0.29) is 0 Å². The molecule has 1 aromatic rings. The first-order chi connectivity index (χ1) is 9.26. The Kier molecular flexibility index (Phi) is 3.74. The first-order valence-electron chi connectivity index (χ1n) is 7.61. The lowest BCUT2D eigenvalue weighted by Gasteiger charge is -2.27. The molecule has 0 saturated heterocycles. The minimum Gasteiger partial charge on any atom is -0.371 e. The number of hydrogen-bond donors (Lipinski definition) is 1. The van der Waals surface area contributed by atoms with Crippen molar-refractivity contribution in [2.75, 3.05) is 25.0 Å². The van der Waals surface area contributed by atoms with Gasteiger partial charge in [-0.1, -0.05) is 0 Å². The smallest absolute Gasteiger partial charge is 0.0445 e. The van der Waals surface area contributed by atoms with E-state index >= 15 is 0 Å². The molecule has 0 bridgehead atoms. The fraction of sp³-hybridized carbons (Fsp3) is 0.688. The second kappa shape index (κ2) is 5.49. The van der Waals surface area contributed by atoms with Gasteiger partial charge in [0, 0.05) is 42.8 Å². The summed E-state index contributed by atoms with van der Waals surface area (Å²) in [5.74, 6) is 1.88. The van der Waals surface area contributed by atoms with E-state index in [0.29, 0.717) is 0 Å². The standard InChI is InChI=1S/C16H25N3/c1-12-7-16(15(8-17-2)9-18-12)19(10-13-3-4-13)11-14-5-6-14/h7,9,13-14,17H,3-6,8,10-11H2,1-2H3. The van der Waals surface area contributed by atoms with Crippen LogP contribution >= 0.6 is 0 Å². The predicted molar refractivity (Wildman–Crippen MR) is 79.4 cm³/mol. The Balaban J connectivity index is 1.82. The number of aryl methyl sites for hydroxylation is 1. The molecule has 0 spiro atoms. The Morgan fingerprint density at radius 1 is 1.21 bits per heavy atom. The van der Waals surface area contributed by atoms with Crippen LogP contribution in [-0.2, 0) is 6.54 Å². The zero-order valence-electron chi connectivity index (χ0n) is 12.2. The number of nitrogens with zero attached hydrogens (tertiary/aromatic N) is 2. The zero-order chi connectivity index (χ0) is 13.2. The lowest BCUT2D eigenvalue weighted by Crippen LogP contribution is -2.29. The topological polar surface area (TPSA) is 28.2 Å². The normalized spacial score (nSPS) is 18.6. The van der Waals surface area contributed by atoms with E-state index in [0.717, 1.165) is 24.1 Å². The highest BCUT2D eigenvalue weighted by atomic mass is 15.1. The molecule has 3 heteroatoms. The van der Waals surface area contributed by atoms with Crippen LogP contribution in [0.5, 0.6) is 0 Å². The van der Waals surface area contributed by atoms with Crippen molar-refractivity contribution >= 4 is 5.69 Å². The molecule has 104 valence electrons. The number of pyridine rings is 1. The van der Waals surface area contributed by atoms with Gasteiger partial charge in [0.1, 0.15) is 0 Å². The summed E-state index contributed by atoms with van der Waals surface area (Å²) < 4.78 is 0. The van der Waals surface area contributed by atoms with Crippen LogP contribution in [0, 0.1) is 18.8 Å². The first-order valence-corrected chi connectivity index (χ1v) is 7.61. The molecule has 2 saturated carbocycles. The van der Waals surface area contributed by atoms with Crippen molar-refractivity contribution in [1.82, 2.24) is 10.3 Å². The molecule has 3 nitrogen and oxygen atoms in total. The molecule has 0 radical (unpaired) electrons. The van der Waals surface area contributed by atoms with Gasteiger partial charge in [0.05, 0.1) is 0 Å². The van der Waals surface area contributed by atoms with Gasteiger partial charge in [-0.15, -0.1) is 0 Å². The Labute approximate surface area is 116 Å². The summed E-state index contributed by atoms with van der Waals surface area (Å²) in [5.41, 5.74) is 3.89. The number of hydrogen-bond acceptors (Lipinski definition) is 3. The monoisotopic (exact) mass is 259 g/mol. The van der Waals surface area contributed by atoms with Crippen LogP contribution in [0.1, 0.15) is 36.9 Å². The number of nitrogens with one attached hydrogen (secondary N) is 1. The van der Waals surface area contributed by atoms with E-state index in [1.54, 1.807) is 0 Å². The van der Waals surface area contributed by atoms with Crippen molar-refractivity contribution in [3.05, 3.63) is 23.5 Å². The van der Waals surface area contributed by atoms with Crippen LogP contribution in [0.3, 0.4) is 0 Å². The van der Waals surface area contributed by atoms with Gasteiger partial charge in [-0.05, 0) is 57.6 Å². The zero-order valence-corrected chi connectivity index (χ0v) is 12.2. The Morgan fingerprint density at radius 2 is 1.84 bits per heavy atom. The first kappa shape index (κ1) is 12.9. The average molecular weight is 259 g/mol. The molecule has 1 N–H and O–H groups in total. The summed E-state index contributed by atoms with van der Waals surface area (Å²) in [4.78, 5) is 7.10. The van der Waals surface area contributed by atoms with Crippen LogP contribution in [0.2, 0.25) is 0 Å². The Morgan fingerprint density at radius 3 is 2.37 bits per heavy atom. The van der Waals surface area contributed by atoms with Gasteiger partial charge in [-0.3, -0.25) is 4.98 Å². The lowest BCUT2D eigenvalue weighted by molar-refractivity contribution is 0.671. The Bertz CT molecular complexity index is 422. The van der Waals surface area contributed by atoms with Gasteiger partial charge in [-0.25, -0.2) is 0 Å². The summed E-state index contributed by atoms with van der Waals surface area (Å²) >= 11 is 0. The fourth-order valence-electron chi connectivity index (χ4n) is 2.69. The number of rotatable bonds is 7. The molecule has 0 aromatic carbocycles. The lowest BCUT2D eigenvalue weighted by atomic mass is 10.1. The van der Waals surface area contributed by atoms with E-state index in [1.165, 1.54) is 50.0 Å². The van der Waals surface area contributed by atoms with E-state index in [9.17, 15) is 0 Å². The molecule has 0 unspecified atom stereocenters. The SMILES string of the molecule is CNCc1cnc(C)cc1N(CC1CC1)CC1CC1. The van der Waals surface area contributed by atoms with Gasteiger partial charge in [0.15, 0.2) is 0 Å². The highest BCUT2D eigenvalue weighted by molar-refractivity contribution is 5.54. The van der Waals surface area contributed by atoms with E-state index in [2.05, 4.69) is 28.2 Å². The largest absolute Gasteiger partial charge is 0.371 e. The van der Waals surface area contributed by atoms with E-state index in [1.807, 2.05) is 13.2 Å². The van der Waals surface area contributed by atoms with Crippen molar-refractivity contribution < 1.29 is 0 Å². The third-order valence-electron chi connectivity index (χ3n) is 4.16. The minimum atomic E-state index is 0.911. The van der Waals surface area contributed by atoms with Crippen LogP contribution in [0.4, 0.5) is 5.69 Å². The Hall–Kier alpha value is -1.09. The molecule has 2 aliphatic carbocycles. The van der Waals surface area contributed by atoms with Crippen LogP contribution < -0.4 is 10.2 Å². The van der Waals surface area contributed by atoms with E-state index in [4.69, 9.17) is 0 Å². The predicted octanol–water partition coefficient (Wildman–Crippen LogP) is 2.74. The van der Waals surface area contributed by atoms with Gasteiger partial charge in [0.2, 0.25) is 0 Å². The highest BCUT2D eigenvalue weighted by Crippen LogP contribution is 2.36. The molecule has 0 amide bonds. The van der Waals surface area contributed by atoms with Gasteiger partial charge in [-0.2, -0.15) is 0 Å². The second-order valence-electron chi connectivity index (χ2n) is 6.28. The molecule has 19 heavy (non-hydrogen) atoms. The number of anilines is 1. The summed E-state index contributed by atoms with van der Waals surface area (Å²) in [6.07, 6.45) is 7.74. The van der Waals surface area contributed by atoms with Crippen molar-refractivity contribution in [1.29, 1.82) is 0 Å². The van der Waals surface area contributed by atoms with Gasteiger partial charge >= 0.3 is 0 Å². The average Bonchev–Trinajstić information content (AvgIpc) is 3.26. The van der Waals surface area contributed by atoms with Crippen LogP contribution in [0.15, 0.2) is 12.3 Å². The molecule has 2 fully saturated rings. The molecule has 0 aliphatic heterocycles. The molecule has 1 heterocycles. The number of aromatic nitrogens is 1. The van der Waals surface area contributed by atoms with Crippen LogP contribution in [-0.4, -0.2) is 25.1 Å². The summed E-state index contributed by atoms with van der Waals surface area (Å²) in [5, 5.41) is 3.27. The quantitative estimate of drug-likeness (QED) is 0.816. The maximum absolute atomic E-state index is 4.46. The van der Waals surface area contributed by atoms with Gasteiger partial charge in [0.25, 0.3) is 0 Å². The van der Waals surface area contributed by atoms with Crippen molar-refractivity contribution in [2.45, 2.75) is 39.2 Å². The molecule has 0 atom stereocenters. The summed E-state index contributed by atoms with van der Waals surface area (Å²) in [7, 11) is 2.01. The molecule has 1 aromatic heterocycles. The molecule has 3 rings (SSSR count). The molecular weight excluding hydrogens is 234 g/mol. The van der Waals surface area contributed by atoms with Gasteiger partial charge < -0.3 is 10.2 Å². The highest BCUT2D eigenvalue weighted by Gasteiger charge is 2.30. The van der Waals surface area contributed by atoms with Crippen molar-refractivity contribution in [2.24, 2.45) is 11.8 Å². The minimum absolute atomic E-state index is 0.911. The third-order valence-corrected chi connectivity index (χ3v) is 4.16. The summed E-state index contributed by atoms with van der Waals surface area (Å²) in [6.45, 7) is 5.50. The van der Waals surface area contributed by atoms with Crippen LogP contribution in [0.25, 0.3) is 0 Å². The summed E-state index contributed by atoms with van der Waals surface area (Å²) in [6, 6.07) is 2.28. The third kappa shape index (κ3) is 3.47. The van der Waals surface area contributed by atoms with E-state index < -0.39 is 0 Å². The van der Waals surface area contributed by atoms with Crippen molar-refractivity contribution in [3.8, 4) is 0 Å². The molecular formula is C16H25N3. The maximum atomic E-state index is 4.46. The molecule has 2 aliphatic rings. The van der Waals surface area contributed by atoms with Crippen molar-refractivity contribution in [3.63, 3.8) is 0 Å². The second-order valence-corrected chi connectivity index (χ2v) is 6.28.